The van der Waals surface area contributed by atoms with E-state index in [9.17, 15) is 13.9 Å². The summed E-state index contributed by atoms with van der Waals surface area (Å²) in [7, 11) is 0. The van der Waals surface area contributed by atoms with Gasteiger partial charge in [0.1, 0.15) is 28.8 Å². The second-order valence-corrected chi connectivity index (χ2v) is 6.38. The summed E-state index contributed by atoms with van der Waals surface area (Å²) in [6, 6.07) is 12.0. The Balaban J connectivity index is 1.89. The van der Waals surface area contributed by atoms with E-state index < -0.39 is 41.0 Å². The minimum absolute atomic E-state index is 0.114. The molecule has 0 radical (unpaired) electrons. The molecule has 1 atom stereocenters. The predicted octanol–water partition coefficient (Wildman–Crippen LogP) is 3.96. The second kappa shape index (κ2) is 8.10. The highest BCUT2D eigenvalue weighted by molar-refractivity contribution is 5.38. The Morgan fingerprint density at radius 3 is 2.23 bits per heavy atom. The molecule has 5 nitrogen and oxygen atoms in total. The number of aliphatic hydroxyl groups is 1. The number of hydrogen-bond donors (Lipinski definition) is 2. The number of nitrogens with zero attached hydrogens (tertiary/aromatic N) is 2. The Morgan fingerprint density at radius 2 is 1.70 bits per heavy atom. The van der Waals surface area contributed by atoms with E-state index in [2.05, 4.69) is 4.98 Å². The lowest BCUT2D eigenvalue weighted by molar-refractivity contribution is -0.193. The molecule has 0 bridgehead atoms. The normalized spacial score (nSPS) is 13.4. The van der Waals surface area contributed by atoms with Crippen LogP contribution in [-0.4, -0.2) is 16.6 Å². The van der Waals surface area contributed by atoms with Crippen LogP contribution in [0, 0.1) is 23.0 Å². The van der Waals surface area contributed by atoms with Crippen molar-refractivity contribution in [2.75, 3.05) is 6.54 Å². The molecule has 0 amide bonds. The van der Waals surface area contributed by atoms with Gasteiger partial charge in [0.2, 0.25) is 0 Å². The van der Waals surface area contributed by atoms with Crippen LogP contribution in [0.5, 0.6) is 11.5 Å². The number of halogens is 4. The van der Waals surface area contributed by atoms with E-state index in [1.165, 1.54) is 30.3 Å². The van der Waals surface area contributed by atoms with Crippen molar-refractivity contribution in [3.05, 3.63) is 89.2 Å². The van der Waals surface area contributed by atoms with Crippen LogP contribution in [0.25, 0.3) is 0 Å². The van der Waals surface area contributed by atoms with Crippen LogP contribution in [0.3, 0.4) is 0 Å². The van der Waals surface area contributed by atoms with Crippen molar-refractivity contribution in [1.29, 1.82) is 5.26 Å². The first kappa shape index (κ1) is 21.2. The number of benzene rings is 2. The lowest BCUT2D eigenvalue weighted by Gasteiger charge is -2.35. The quantitative estimate of drug-likeness (QED) is 0.593. The largest absolute Gasteiger partial charge is 0.456 e. The number of nitrogens with two attached hydrogens (primary N) is 1. The predicted molar refractivity (Wildman–Crippen MR) is 98.7 cm³/mol. The van der Waals surface area contributed by atoms with Crippen molar-refractivity contribution in [1.82, 2.24) is 4.98 Å². The van der Waals surface area contributed by atoms with Gasteiger partial charge in [-0.25, -0.2) is 8.78 Å². The van der Waals surface area contributed by atoms with Gasteiger partial charge < -0.3 is 15.6 Å². The third-order valence-corrected chi connectivity index (χ3v) is 4.47. The summed E-state index contributed by atoms with van der Waals surface area (Å²) < 4.78 is 62.9. The molecular formula is C21H15F4N3O2. The number of ether oxygens (including phenoxy) is 1. The summed E-state index contributed by atoms with van der Waals surface area (Å²) in [5.41, 5.74) is 0.887. The van der Waals surface area contributed by atoms with Crippen LogP contribution in [0.15, 0.2) is 60.8 Å². The van der Waals surface area contributed by atoms with E-state index in [1.807, 2.05) is 6.07 Å². The molecule has 3 rings (SSSR count). The van der Waals surface area contributed by atoms with Gasteiger partial charge in [0.15, 0.2) is 5.60 Å². The van der Waals surface area contributed by atoms with Crippen LogP contribution >= 0.6 is 0 Å². The number of hydrogen-bond acceptors (Lipinski definition) is 5. The van der Waals surface area contributed by atoms with Gasteiger partial charge in [0.05, 0.1) is 17.8 Å². The Bertz CT molecular complexity index is 1080. The molecule has 0 saturated carbocycles. The zero-order valence-electron chi connectivity index (χ0n) is 15.3. The van der Waals surface area contributed by atoms with Crippen molar-refractivity contribution in [2.45, 2.75) is 11.5 Å². The molecule has 154 valence electrons. The fourth-order valence-corrected chi connectivity index (χ4v) is 2.80. The fraction of sp³-hybridized carbons (Fsp3) is 0.143. The highest BCUT2D eigenvalue weighted by atomic mass is 19.3. The second-order valence-electron chi connectivity index (χ2n) is 6.38. The highest BCUT2D eigenvalue weighted by Gasteiger charge is 2.56. The van der Waals surface area contributed by atoms with Crippen molar-refractivity contribution in [2.24, 2.45) is 5.73 Å². The standard InChI is InChI=1S/C21H15F4N3O2/c22-14-3-7-17(18(23)9-14)20(29,12-27)21(24,25)19-8-6-16(11-28-19)30-15-4-1-13(10-26)2-5-15/h1-9,11,29H,12,27H2. The van der Waals surface area contributed by atoms with Crippen LogP contribution in [0.4, 0.5) is 17.6 Å². The van der Waals surface area contributed by atoms with E-state index in [4.69, 9.17) is 15.7 Å². The number of nitriles is 1. The Labute approximate surface area is 169 Å². The molecule has 3 N–H and O–H groups in total. The van der Waals surface area contributed by atoms with E-state index in [1.54, 1.807) is 0 Å². The maximum absolute atomic E-state index is 15.1. The van der Waals surface area contributed by atoms with Gasteiger partial charge in [-0.15, -0.1) is 0 Å². The van der Waals surface area contributed by atoms with E-state index in [-0.39, 0.29) is 5.75 Å². The lowest BCUT2D eigenvalue weighted by atomic mass is 9.85. The minimum Gasteiger partial charge on any atom is -0.456 e. The molecule has 0 aliphatic rings. The average Bonchev–Trinajstić information content (AvgIpc) is 2.74. The molecule has 30 heavy (non-hydrogen) atoms. The summed E-state index contributed by atoms with van der Waals surface area (Å²) in [5, 5.41) is 19.3. The van der Waals surface area contributed by atoms with Crippen LogP contribution < -0.4 is 10.5 Å². The summed E-state index contributed by atoms with van der Waals surface area (Å²) in [5.74, 6) is -5.98. The molecule has 1 aromatic heterocycles. The zero-order valence-corrected chi connectivity index (χ0v) is 15.3. The van der Waals surface area contributed by atoms with Crippen molar-refractivity contribution in [3.8, 4) is 17.6 Å². The molecule has 0 saturated heterocycles. The third kappa shape index (κ3) is 3.83. The molecule has 2 aromatic carbocycles. The maximum Gasteiger partial charge on any atom is 0.323 e. The van der Waals surface area contributed by atoms with Gasteiger partial charge in [0.25, 0.3) is 0 Å². The number of aromatic nitrogens is 1. The summed E-state index contributed by atoms with van der Waals surface area (Å²) in [6.45, 7) is -1.05. The number of alkyl halides is 2. The Kier molecular flexibility index (Phi) is 5.73. The summed E-state index contributed by atoms with van der Waals surface area (Å²) >= 11 is 0. The lowest BCUT2D eigenvalue weighted by Crippen LogP contribution is -2.50. The van der Waals surface area contributed by atoms with Crippen LogP contribution in [-0.2, 0) is 11.5 Å². The molecule has 0 spiro atoms. The van der Waals surface area contributed by atoms with Gasteiger partial charge >= 0.3 is 5.92 Å². The molecule has 0 aliphatic carbocycles. The van der Waals surface area contributed by atoms with E-state index >= 15 is 8.78 Å². The number of rotatable bonds is 6. The Hall–Kier alpha value is -3.48. The monoisotopic (exact) mass is 417 g/mol. The molecular weight excluding hydrogens is 402 g/mol. The maximum atomic E-state index is 15.1. The average molecular weight is 417 g/mol. The summed E-state index contributed by atoms with van der Waals surface area (Å²) in [6.07, 6.45) is 0.999. The fourth-order valence-electron chi connectivity index (χ4n) is 2.80. The van der Waals surface area contributed by atoms with E-state index in [0.717, 1.165) is 18.3 Å². The van der Waals surface area contributed by atoms with Gasteiger partial charge in [-0.1, -0.05) is 6.07 Å². The SMILES string of the molecule is N#Cc1ccc(Oc2ccc(C(F)(F)C(O)(CN)c3ccc(F)cc3F)nc2)cc1. The summed E-state index contributed by atoms with van der Waals surface area (Å²) in [4.78, 5) is 3.63. The van der Waals surface area contributed by atoms with Gasteiger partial charge in [0, 0.05) is 18.2 Å². The molecule has 1 unspecified atom stereocenters. The molecule has 0 aliphatic heterocycles. The van der Waals surface area contributed by atoms with E-state index in [0.29, 0.717) is 23.4 Å². The van der Waals surface area contributed by atoms with Gasteiger partial charge in [-0.3, -0.25) is 4.98 Å². The van der Waals surface area contributed by atoms with Gasteiger partial charge in [-0.05, 0) is 42.5 Å². The van der Waals surface area contributed by atoms with Crippen molar-refractivity contribution >= 4 is 0 Å². The van der Waals surface area contributed by atoms with Crippen LogP contribution in [0.2, 0.25) is 0 Å². The molecule has 9 heteroatoms. The Morgan fingerprint density at radius 1 is 1.03 bits per heavy atom. The first-order valence-electron chi connectivity index (χ1n) is 8.61. The minimum atomic E-state index is -4.10. The molecule has 3 aromatic rings. The smallest absolute Gasteiger partial charge is 0.323 e. The highest BCUT2D eigenvalue weighted by Crippen LogP contribution is 2.45. The van der Waals surface area contributed by atoms with Crippen molar-refractivity contribution in [3.63, 3.8) is 0 Å². The first-order valence-corrected chi connectivity index (χ1v) is 8.61. The topological polar surface area (TPSA) is 92.2 Å². The van der Waals surface area contributed by atoms with Gasteiger partial charge in [-0.2, -0.15) is 14.0 Å². The van der Waals surface area contributed by atoms with Crippen LogP contribution in [0.1, 0.15) is 16.8 Å². The third-order valence-electron chi connectivity index (χ3n) is 4.47. The zero-order chi connectivity index (χ0) is 21.9. The molecule has 1 heterocycles. The molecule has 0 fully saturated rings. The first-order chi connectivity index (χ1) is 14.2. The van der Waals surface area contributed by atoms with Crippen molar-refractivity contribution < 1.29 is 27.4 Å². The number of pyridine rings is 1.